The van der Waals surface area contributed by atoms with Crippen molar-refractivity contribution in [2.75, 3.05) is 20.8 Å². The monoisotopic (exact) mass is 511 g/mol. The number of hydrogen-bond acceptors (Lipinski definition) is 5. The largest absolute Gasteiger partial charge is 0.497 e. The van der Waals surface area contributed by atoms with Crippen molar-refractivity contribution in [3.63, 3.8) is 0 Å². The van der Waals surface area contributed by atoms with E-state index in [1.807, 2.05) is 72.8 Å². The van der Waals surface area contributed by atoms with E-state index in [1.54, 1.807) is 21.1 Å². The van der Waals surface area contributed by atoms with Gasteiger partial charge in [-0.25, -0.2) is 0 Å². The lowest BCUT2D eigenvalue weighted by molar-refractivity contribution is -0.0633. The van der Waals surface area contributed by atoms with Gasteiger partial charge in [0.05, 0.1) is 14.2 Å². The number of nitrogens with zero attached hydrogens (tertiary/aromatic N) is 1. The Hall–Kier alpha value is -3.80. The molecule has 0 aliphatic rings. The second-order valence-corrected chi connectivity index (χ2v) is 9.41. The van der Waals surface area contributed by atoms with Crippen LogP contribution in [0.25, 0.3) is 0 Å². The van der Waals surface area contributed by atoms with Crippen LogP contribution in [0.3, 0.4) is 0 Å². The van der Waals surface area contributed by atoms with E-state index in [1.165, 1.54) is 16.7 Å². The van der Waals surface area contributed by atoms with Crippen LogP contribution in [-0.2, 0) is 6.54 Å². The van der Waals surface area contributed by atoms with Crippen LogP contribution in [0.5, 0.6) is 17.2 Å². The summed E-state index contributed by atoms with van der Waals surface area (Å²) in [5.74, 6) is 2.53. The number of hydrogen-bond donors (Lipinski definition) is 1. The predicted molar refractivity (Wildman–Crippen MR) is 152 cm³/mol. The molecule has 0 fully saturated rings. The van der Waals surface area contributed by atoms with Crippen LogP contribution in [0.4, 0.5) is 0 Å². The topological polar surface area (TPSA) is 51.2 Å². The Morgan fingerprint density at radius 1 is 0.658 bits per heavy atom. The maximum Gasteiger partial charge on any atom is 0.178 e. The Bertz CT molecular complexity index is 1160. The molecule has 2 unspecified atom stereocenters. The van der Waals surface area contributed by atoms with Crippen molar-refractivity contribution in [2.24, 2.45) is 0 Å². The Balaban J connectivity index is 1.63. The van der Waals surface area contributed by atoms with Gasteiger partial charge in [0.25, 0.3) is 0 Å². The molecule has 0 saturated carbocycles. The summed E-state index contributed by atoms with van der Waals surface area (Å²) in [6.45, 7) is 3.15. The van der Waals surface area contributed by atoms with Gasteiger partial charge in [-0.2, -0.15) is 0 Å². The molecule has 0 aliphatic heterocycles. The summed E-state index contributed by atoms with van der Waals surface area (Å²) in [6, 6.07) is 36.5. The number of aliphatic hydroxyl groups excluding tert-OH is 1. The molecular weight excluding hydrogens is 474 g/mol. The van der Waals surface area contributed by atoms with Crippen molar-refractivity contribution in [3.05, 3.63) is 126 Å². The van der Waals surface area contributed by atoms with E-state index in [4.69, 9.17) is 14.2 Å². The summed E-state index contributed by atoms with van der Waals surface area (Å²) in [6.07, 6.45) is -0.378. The van der Waals surface area contributed by atoms with Crippen molar-refractivity contribution in [1.82, 2.24) is 4.90 Å². The maximum atomic E-state index is 10.8. The molecule has 198 valence electrons. The van der Waals surface area contributed by atoms with E-state index in [0.717, 1.165) is 23.7 Å². The number of benzene rings is 4. The van der Waals surface area contributed by atoms with Gasteiger partial charge in [0.2, 0.25) is 0 Å². The van der Waals surface area contributed by atoms with Crippen LogP contribution in [-0.4, -0.2) is 43.1 Å². The number of aliphatic hydroxyl groups is 1. The van der Waals surface area contributed by atoms with Gasteiger partial charge in [-0.15, -0.1) is 0 Å². The SMILES string of the molecule is COc1ccc(C(CCN(Cc2ccccc2)C(Oc2ccccc2)C(C)O)c2ccc(OC)cc2)cc1. The second kappa shape index (κ2) is 13.7. The first kappa shape index (κ1) is 27.2. The average molecular weight is 512 g/mol. The van der Waals surface area contributed by atoms with Crippen LogP contribution in [0.2, 0.25) is 0 Å². The molecule has 0 aromatic heterocycles. The molecule has 2 atom stereocenters. The summed E-state index contributed by atoms with van der Waals surface area (Å²) < 4.78 is 17.1. The second-order valence-electron chi connectivity index (χ2n) is 9.41. The van der Waals surface area contributed by atoms with E-state index in [2.05, 4.69) is 41.3 Å². The van der Waals surface area contributed by atoms with Crippen LogP contribution in [0.1, 0.15) is 36.0 Å². The number of rotatable bonds is 13. The van der Waals surface area contributed by atoms with Crippen molar-refractivity contribution < 1.29 is 19.3 Å². The first-order valence-electron chi connectivity index (χ1n) is 13.0. The molecule has 4 aromatic carbocycles. The molecule has 0 saturated heterocycles. The van der Waals surface area contributed by atoms with Gasteiger partial charge < -0.3 is 19.3 Å². The lowest BCUT2D eigenvalue weighted by Gasteiger charge is -2.35. The van der Waals surface area contributed by atoms with Crippen molar-refractivity contribution in [2.45, 2.75) is 38.1 Å². The first-order chi connectivity index (χ1) is 18.6. The molecule has 4 aromatic rings. The van der Waals surface area contributed by atoms with Gasteiger partial charge >= 0.3 is 0 Å². The van der Waals surface area contributed by atoms with Gasteiger partial charge in [-0.05, 0) is 66.4 Å². The zero-order valence-corrected chi connectivity index (χ0v) is 22.4. The van der Waals surface area contributed by atoms with Crippen LogP contribution in [0.15, 0.2) is 109 Å². The summed E-state index contributed by atoms with van der Waals surface area (Å²) in [5, 5.41) is 10.8. The Morgan fingerprint density at radius 2 is 1.16 bits per heavy atom. The highest BCUT2D eigenvalue weighted by atomic mass is 16.5. The molecule has 0 heterocycles. The van der Waals surface area contributed by atoms with Gasteiger partial charge in [0.15, 0.2) is 6.23 Å². The van der Waals surface area contributed by atoms with Gasteiger partial charge in [-0.1, -0.05) is 72.8 Å². The van der Waals surface area contributed by atoms with Gasteiger partial charge in [0.1, 0.15) is 23.4 Å². The van der Waals surface area contributed by atoms with Gasteiger partial charge in [0, 0.05) is 19.0 Å². The Morgan fingerprint density at radius 3 is 1.63 bits per heavy atom. The molecule has 4 rings (SSSR count). The molecule has 0 spiro atoms. The van der Waals surface area contributed by atoms with Crippen LogP contribution < -0.4 is 14.2 Å². The number of ether oxygens (including phenoxy) is 3. The molecule has 5 nitrogen and oxygen atoms in total. The fourth-order valence-electron chi connectivity index (χ4n) is 4.72. The number of methoxy groups -OCH3 is 2. The highest BCUT2D eigenvalue weighted by molar-refractivity contribution is 5.38. The van der Waals surface area contributed by atoms with Crippen LogP contribution >= 0.6 is 0 Å². The molecule has 5 heteroatoms. The van der Waals surface area contributed by atoms with E-state index < -0.39 is 12.3 Å². The van der Waals surface area contributed by atoms with Gasteiger partial charge in [-0.3, -0.25) is 4.90 Å². The standard InChI is InChI=1S/C33H37NO4/c1-25(35)33(38-31-12-8-5-9-13-31)34(24-26-10-6-4-7-11-26)23-22-32(27-14-18-29(36-2)19-15-27)28-16-20-30(37-3)21-17-28/h4-21,25,32-33,35H,22-24H2,1-3H3. The molecular formula is C33H37NO4. The fraction of sp³-hybridized carbons (Fsp3) is 0.273. The summed E-state index contributed by atoms with van der Waals surface area (Å²) >= 11 is 0. The summed E-state index contributed by atoms with van der Waals surface area (Å²) in [5.41, 5.74) is 3.57. The molecule has 0 amide bonds. The smallest absolute Gasteiger partial charge is 0.178 e. The van der Waals surface area contributed by atoms with E-state index >= 15 is 0 Å². The zero-order valence-electron chi connectivity index (χ0n) is 22.4. The maximum absolute atomic E-state index is 10.8. The Kier molecular flexibility index (Phi) is 9.79. The van der Waals surface area contributed by atoms with Crippen molar-refractivity contribution in [3.8, 4) is 17.2 Å². The minimum Gasteiger partial charge on any atom is -0.497 e. The minimum atomic E-state index is -0.695. The molecule has 0 radical (unpaired) electrons. The zero-order chi connectivity index (χ0) is 26.7. The molecule has 0 aliphatic carbocycles. The molecule has 1 N–H and O–H groups in total. The third-order valence-corrected chi connectivity index (χ3v) is 6.74. The fourth-order valence-corrected chi connectivity index (χ4v) is 4.72. The van der Waals surface area contributed by atoms with Crippen LogP contribution in [0, 0.1) is 0 Å². The van der Waals surface area contributed by atoms with E-state index in [9.17, 15) is 5.11 Å². The van der Waals surface area contributed by atoms with E-state index in [0.29, 0.717) is 13.1 Å². The predicted octanol–water partition coefficient (Wildman–Crippen LogP) is 6.51. The summed E-state index contributed by atoms with van der Waals surface area (Å²) in [4.78, 5) is 2.23. The normalized spacial score (nSPS) is 12.8. The van der Waals surface area contributed by atoms with E-state index in [-0.39, 0.29) is 5.92 Å². The summed E-state index contributed by atoms with van der Waals surface area (Å²) in [7, 11) is 3.36. The molecule has 0 bridgehead atoms. The minimum absolute atomic E-state index is 0.136. The highest BCUT2D eigenvalue weighted by Gasteiger charge is 2.27. The highest BCUT2D eigenvalue weighted by Crippen LogP contribution is 2.32. The first-order valence-corrected chi connectivity index (χ1v) is 13.0. The quantitative estimate of drug-likeness (QED) is 0.207. The average Bonchev–Trinajstić information content (AvgIpc) is 2.97. The van der Waals surface area contributed by atoms with Crippen molar-refractivity contribution >= 4 is 0 Å². The number of para-hydroxylation sites is 1. The lowest BCUT2D eigenvalue weighted by Crippen LogP contribution is -2.46. The third kappa shape index (κ3) is 7.37. The van der Waals surface area contributed by atoms with Crippen molar-refractivity contribution in [1.29, 1.82) is 0 Å². The third-order valence-electron chi connectivity index (χ3n) is 6.74. The molecule has 38 heavy (non-hydrogen) atoms. The lowest BCUT2D eigenvalue weighted by atomic mass is 9.88. The Labute approximate surface area is 226 Å².